The van der Waals surface area contributed by atoms with E-state index in [0.717, 1.165) is 5.56 Å². The van der Waals surface area contributed by atoms with E-state index in [-0.39, 0.29) is 0 Å². The molecule has 5 heteroatoms. The van der Waals surface area contributed by atoms with E-state index >= 15 is 0 Å². The molecule has 0 unspecified atom stereocenters. The van der Waals surface area contributed by atoms with Crippen LogP contribution in [0.4, 0.5) is 5.69 Å². The summed E-state index contributed by atoms with van der Waals surface area (Å²) >= 11 is 0. The van der Waals surface area contributed by atoms with Crippen molar-refractivity contribution in [1.29, 1.82) is 5.26 Å². The highest BCUT2D eigenvalue weighted by molar-refractivity contribution is 5.55. The number of nitrogen functional groups attached to an aromatic ring is 1. The minimum Gasteiger partial charge on any atom is -0.497 e. The van der Waals surface area contributed by atoms with Crippen molar-refractivity contribution in [3.05, 3.63) is 47.5 Å². The van der Waals surface area contributed by atoms with E-state index in [1.54, 1.807) is 37.4 Å². The summed E-state index contributed by atoms with van der Waals surface area (Å²) in [6.07, 6.45) is 0. The molecule has 0 fully saturated rings. The Morgan fingerprint density at radius 3 is 2.52 bits per heavy atom. The summed E-state index contributed by atoms with van der Waals surface area (Å²) in [6, 6.07) is 12.6. The molecule has 0 aromatic heterocycles. The van der Waals surface area contributed by atoms with Gasteiger partial charge in [-0.15, -0.1) is 0 Å². The molecular weight excluding hydrogens is 268 g/mol. The molecule has 108 valence electrons. The lowest BCUT2D eigenvalue weighted by Crippen LogP contribution is -2.00. The van der Waals surface area contributed by atoms with Crippen LogP contribution in [-0.4, -0.2) is 14.2 Å². The molecule has 0 bridgehead atoms. The molecule has 0 atom stereocenters. The van der Waals surface area contributed by atoms with E-state index in [2.05, 4.69) is 6.07 Å². The number of rotatable bonds is 5. The number of ether oxygens (including phenoxy) is 3. The molecular formula is C16H16N2O3. The monoisotopic (exact) mass is 284 g/mol. The highest BCUT2D eigenvalue weighted by atomic mass is 16.5. The Morgan fingerprint density at radius 1 is 1.05 bits per heavy atom. The lowest BCUT2D eigenvalue weighted by atomic mass is 10.1. The van der Waals surface area contributed by atoms with Crippen LogP contribution in [0, 0.1) is 11.3 Å². The molecule has 0 spiro atoms. The smallest absolute Gasteiger partial charge is 0.146 e. The zero-order chi connectivity index (χ0) is 15.2. The number of benzene rings is 2. The zero-order valence-corrected chi connectivity index (χ0v) is 11.9. The molecule has 0 radical (unpaired) electrons. The first-order valence-electron chi connectivity index (χ1n) is 6.31. The second-order valence-corrected chi connectivity index (χ2v) is 4.34. The first kappa shape index (κ1) is 14.5. The molecule has 0 amide bonds. The molecule has 0 aliphatic heterocycles. The van der Waals surface area contributed by atoms with Gasteiger partial charge in [-0.3, -0.25) is 0 Å². The standard InChI is InChI=1S/C16H16N2O3/c1-19-13-5-6-14(18)16(8-13)21-10-11-3-4-12(9-17)15(7-11)20-2/h3-8H,10,18H2,1-2H3. The van der Waals surface area contributed by atoms with Crippen molar-refractivity contribution < 1.29 is 14.2 Å². The molecule has 2 N–H and O–H groups in total. The fourth-order valence-corrected chi connectivity index (χ4v) is 1.85. The predicted octanol–water partition coefficient (Wildman–Crippen LogP) is 2.74. The fourth-order valence-electron chi connectivity index (χ4n) is 1.85. The van der Waals surface area contributed by atoms with Gasteiger partial charge >= 0.3 is 0 Å². The Morgan fingerprint density at radius 2 is 1.86 bits per heavy atom. The maximum Gasteiger partial charge on any atom is 0.146 e. The Kier molecular flexibility index (Phi) is 4.52. The van der Waals surface area contributed by atoms with Crippen LogP contribution < -0.4 is 19.9 Å². The summed E-state index contributed by atoms with van der Waals surface area (Å²) in [6.45, 7) is 0.319. The van der Waals surface area contributed by atoms with Gasteiger partial charge in [0, 0.05) is 6.07 Å². The number of methoxy groups -OCH3 is 2. The molecule has 0 aliphatic rings. The summed E-state index contributed by atoms with van der Waals surface area (Å²) in [5.74, 6) is 1.76. The molecule has 0 saturated heterocycles. The molecule has 2 aromatic carbocycles. The van der Waals surface area contributed by atoms with Crippen LogP contribution in [0.3, 0.4) is 0 Å². The third-order valence-electron chi connectivity index (χ3n) is 3.00. The first-order valence-corrected chi connectivity index (χ1v) is 6.31. The largest absolute Gasteiger partial charge is 0.497 e. The highest BCUT2D eigenvalue weighted by Crippen LogP contribution is 2.28. The van der Waals surface area contributed by atoms with Crippen LogP contribution in [-0.2, 0) is 6.61 Å². The maximum atomic E-state index is 8.95. The van der Waals surface area contributed by atoms with Crippen molar-refractivity contribution in [2.45, 2.75) is 6.61 Å². The number of hydrogen-bond acceptors (Lipinski definition) is 5. The summed E-state index contributed by atoms with van der Waals surface area (Å²) in [5, 5.41) is 8.95. The minimum absolute atomic E-state index is 0.319. The summed E-state index contributed by atoms with van der Waals surface area (Å²) in [4.78, 5) is 0. The Labute approximate surface area is 123 Å². The van der Waals surface area contributed by atoms with Gasteiger partial charge in [0.15, 0.2) is 0 Å². The van der Waals surface area contributed by atoms with E-state index < -0.39 is 0 Å². The second kappa shape index (κ2) is 6.53. The van der Waals surface area contributed by atoms with Crippen molar-refractivity contribution in [2.24, 2.45) is 0 Å². The van der Waals surface area contributed by atoms with Gasteiger partial charge in [-0.2, -0.15) is 5.26 Å². The third-order valence-corrected chi connectivity index (χ3v) is 3.00. The average molecular weight is 284 g/mol. The van der Waals surface area contributed by atoms with Gasteiger partial charge in [-0.05, 0) is 29.8 Å². The van der Waals surface area contributed by atoms with Crippen molar-refractivity contribution in [3.8, 4) is 23.3 Å². The van der Waals surface area contributed by atoms with Crippen LogP contribution in [0.25, 0.3) is 0 Å². The van der Waals surface area contributed by atoms with Gasteiger partial charge < -0.3 is 19.9 Å². The van der Waals surface area contributed by atoms with Gasteiger partial charge in [-0.25, -0.2) is 0 Å². The Hall–Kier alpha value is -2.87. The van der Waals surface area contributed by atoms with E-state index in [9.17, 15) is 0 Å². The number of nitriles is 1. The van der Waals surface area contributed by atoms with Gasteiger partial charge in [0.05, 0.1) is 25.5 Å². The zero-order valence-electron chi connectivity index (χ0n) is 11.9. The fraction of sp³-hybridized carbons (Fsp3) is 0.188. The van der Waals surface area contributed by atoms with Gasteiger partial charge in [0.1, 0.15) is 29.9 Å². The number of nitrogens with zero attached hydrogens (tertiary/aromatic N) is 1. The second-order valence-electron chi connectivity index (χ2n) is 4.34. The van der Waals surface area contributed by atoms with E-state index in [4.69, 9.17) is 25.2 Å². The molecule has 21 heavy (non-hydrogen) atoms. The molecule has 0 aliphatic carbocycles. The maximum absolute atomic E-state index is 8.95. The number of nitrogens with two attached hydrogens (primary N) is 1. The average Bonchev–Trinajstić information content (AvgIpc) is 2.53. The molecule has 2 aromatic rings. The molecule has 5 nitrogen and oxygen atoms in total. The Bertz CT molecular complexity index is 678. The topological polar surface area (TPSA) is 77.5 Å². The molecule has 2 rings (SSSR count). The van der Waals surface area contributed by atoms with Crippen LogP contribution in [0.2, 0.25) is 0 Å². The van der Waals surface area contributed by atoms with Gasteiger partial charge in [0.2, 0.25) is 0 Å². The molecule has 0 saturated carbocycles. The normalized spacial score (nSPS) is 9.76. The minimum atomic E-state index is 0.319. The SMILES string of the molecule is COc1ccc(N)c(OCc2ccc(C#N)c(OC)c2)c1. The summed E-state index contributed by atoms with van der Waals surface area (Å²) in [5.41, 5.74) is 7.77. The van der Waals surface area contributed by atoms with Crippen LogP contribution in [0.15, 0.2) is 36.4 Å². The molecule has 0 heterocycles. The quantitative estimate of drug-likeness (QED) is 0.854. The van der Waals surface area contributed by atoms with Crippen LogP contribution >= 0.6 is 0 Å². The van der Waals surface area contributed by atoms with Crippen molar-refractivity contribution in [1.82, 2.24) is 0 Å². The lowest BCUT2D eigenvalue weighted by Gasteiger charge is -2.11. The number of anilines is 1. The number of hydrogen-bond donors (Lipinski definition) is 1. The van der Waals surface area contributed by atoms with E-state index in [0.29, 0.717) is 35.1 Å². The summed E-state index contributed by atoms with van der Waals surface area (Å²) < 4.78 is 16.0. The van der Waals surface area contributed by atoms with Crippen LogP contribution in [0.5, 0.6) is 17.2 Å². The Balaban J connectivity index is 2.15. The first-order chi connectivity index (χ1) is 10.2. The van der Waals surface area contributed by atoms with Crippen molar-refractivity contribution >= 4 is 5.69 Å². The van der Waals surface area contributed by atoms with E-state index in [1.165, 1.54) is 7.11 Å². The van der Waals surface area contributed by atoms with Crippen LogP contribution in [0.1, 0.15) is 11.1 Å². The van der Waals surface area contributed by atoms with E-state index in [1.807, 2.05) is 6.07 Å². The van der Waals surface area contributed by atoms with Gasteiger partial charge in [0.25, 0.3) is 0 Å². The highest BCUT2D eigenvalue weighted by Gasteiger charge is 2.06. The third kappa shape index (κ3) is 3.37. The van der Waals surface area contributed by atoms with Gasteiger partial charge in [-0.1, -0.05) is 6.07 Å². The van der Waals surface area contributed by atoms with Crippen molar-refractivity contribution in [2.75, 3.05) is 20.0 Å². The predicted molar refractivity (Wildman–Crippen MR) is 79.4 cm³/mol. The lowest BCUT2D eigenvalue weighted by molar-refractivity contribution is 0.304. The summed E-state index contributed by atoms with van der Waals surface area (Å²) in [7, 11) is 3.11. The van der Waals surface area contributed by atoms with Crippen molar-refractivity contribution in [3.63, 3.8) is 0 Å².